The normalized spacial score (nSPS) is 24.7. The van der Waals surface area contributed by atoms with Crippen LogP contribution in [0.1, 0.15) is 32.3 Å². The molecule has 136 valence electrons. The van der Waals surface area contributed by atoms with E-state index in [0.29, 0.717) is 37.2 Å². The molecule has 25 heavy (non-hydrogen) atoms. The molecular formula is C18H24FN3O3. The van der Waals surface area contributed by atoms with Gasteiger partial charge in [0.05, 0.1) is 17.9 Å². The summed E-state index contributed by atoms with van der Waals surface area (Å²) in [5.41, 5.74) is 5.40. The highest BCUT2D eigenvalue weighted by Crippen LogP contribution is 2.45. The van der Waals surface area contributed by atoms with Gasteiger partial charge in [-0.05, 0) is 44.4 Å². The third kappa shape index (κ3) is 3.61. The molecule has 1 aromatic rings. The van der Waals surface area contributed by atoms with E-state index in [9.17, 15) is 14.0 Å². The molecule has 2 atom stereocenters. The molecule has 1 aromatic carbocycles. The Bertz CT molecular complexity index is 680. The summed E-state index contributed by atoms with van der Waals surface area (Å²) in [6, 6.07) is 4.93. The first-order valence-corrected chi connectivity index (χ1v) is 8.59. The molecule has 2 fully saturated rings. The summed E-state index contributed by atoms with van der Waals surface area (Å²) in [5.74, 6) is -1.30. The van der Waals surface area contributed by atoms with Gasteiger partial charge in [0.2, 0.25) is 11.8 Å². The Hall–Kier alpha value is -2.15. The molecule has 2 amide bonds. The second kappa shape index (κ2) is 6.63. The lowest BCUT2D eigenvalue weighted by molar-refractivity contribution is -0.135. The van der Waals surface area contributed by atoms with Gasteiger partial charge in [-0.1, -0.05) is 6.07 Å². The lowest BCUT2D eigenvalue weighted by atomic mass is 10.1. The van der Waals surface area contributed by atoms with Crippen molar-refractivity contribution < 1.29 is 18.7 Å². The number of nitrogens with two attached hydrogens (primary N) is 1. The van der Waals surface area contributed by atoms with Crippen LogP contribution in [-0.2, 0) is 20.9 Å². The van der Waals surface area contributed by atoms with Gasteiger partial charge in [0.25, 0.3) is 0 Å². The van der Waals surface area contributed by atoms with E-state index in [-0.39, 0.29) is 30.5 Å². The molecule has 2 aliphatic rings. The van der Waals surface area contributed by atoms with Crippen molar-refractivity contribution in [1.29, 1.82) is 0 Å². The molecule has 0 spiro atoms. The van der Waals surface area contributed by atoms with Gasteiger partial charge in [0.1, 0.15) is 11.2 Å². The molecule has 1 saturated carbocycles. The van der Waals surface area contributed by atoms with Gasteiger partial charge >= 0.3 is 0 Å². The third-order valence-electron chi connectivity index (χ3n) is 4.88. The van der Waals surface area contributed by atoms with Crippen molar-refractivity contribution in [3.8, 4) is 0 Å². The Kier molecular flexibility index (Phi) is 4.69. The van der Waals surface area contributed by atoms with E-state index in [1.165, 1.54) is 6.07 Å². The second-order valence-electron chi connectivity index (χ2n) is 7.08. The predicted molar refractivity (Wildman–Crippen MR) is 91.3 cm³/mol. The van der Waals surface area contributed by atoms with E-state index in [0.717, 1.165) is 0 Å². The Morgan fingerprint density at radius 3 is 2.48 bits per heavy atom. The van der Waals surface area contributed by atoms with Crippen molar-refractivity contribution in [2.45, 2.75) is 45.4 Å². The highest BCUT2D eigenvalue weighted by Gasteiger charge is 2.55. The molecule has 0 unspecified atom stereocenters. The van der Waals surface area contributed by atoms with Crippen molar-refractivity contribution in [2.75, 3.05) is 18.0 Å². The minimum atomic E-state index is -1.06. The maximum atomic E-state index is 14.5. The highest BCUT2D eigenvalue weighted by molar-refractivity contribution is 6.07. The maximum Gasteiger partial charge on any atom is 0.235 e. The fraction of sp³-hybridized carbons (Fsp3) is 0.556. The van der Waals surface area contributed by atoms with Crippen molar-refractivity contribution in [3.63, 3.8) is 0 Å². The van der Waals surface area contributed by atoms with E-state index in [1.54, 1.807) is 12.1 Å². The summed E-state index contributed by atoms with van der Waals surface area (Å²) in [6.07, 6.45) is 1.06. The number of carbonyl (C=O) groups excluding carboxylic acids is 2. The Balaban J connectivity index is 1.64. The van der Waals surface area contributed by atoms with Crippen LogP contribution in [-0.4, -0.2) is 37.1 Å². The topological polar surface area (TPSA) is 84.7 Å². The first-order valence-electron chi connectivity index (χ1n) is 8.59. The van der Waals surface area contributed by atoms with Crippen LogP contribution in [0.4, 0.5) is 10.1 Å². The van der Waals surface area contributed by atoms with Crippen LogP contribution in [0.2, 0.25) is 0 Å². The number of anilines is 1. The quantitative estimate of drug-likeness (QED) is 0.785. The first kappa shape index (κ1) is 17.7. The van der Waals surface area contributed by atoms with Gasteiger partial charge in [0.15, 0.2) is 0 Å². The van der Waals surface area contributed by atoms with Gasteiger partial charge in [-0.3, -0.25) is 9.59 Å². The van der Waals surface area contributed by atoms with Gasteiger partial charge in [-0.15, -0.1) is 0 Å². The molecule has 6 nitrogen and oxygen atoms in total. The highest BCUT2D eigenvalue weighted by atomic mass is 19.1. The molecule has 1 aliphatic heterocycles. The van der Waals surface area contributed by atoms with Gasteiger partial charge in [0, 0.05) is 19.6 Å². The number of benzene rings is 1. The molecule has 7 heteroatoms. The van der Waals surface area contributed by atoms with Crippen LogP contribution in [0.3, 0.4) is 0 Å². The second-order valence-corrected chi connectivity index (χ2v) is 7.08. The fourth-order valence-electron chi connectivity index (χ4n) is 3.35. The van der Waals surface area contributed by atoms with Crippen LogP contribution in [0.25, 0.3) is 0 Å². The zero-order chi connectivity index (χ0) is 18.2. The average Bonchev–Trinajstić information content (AvgIpc) is 3.33. The Labute approximate surface area is 146 Å². The number of nitrogens with one attached hydrogen (secondary N) is 1. The van der Waals surface area contributed by atoms with Crippen molar-refractivity contribution >= 4 is 17.5 Å². The van der Waals surface area contributed by atoms with E-state index >= 15 is 0 Å². The lowest BCUT2D eigenvalue weighted by Gasteiger charge is -2.37. The molecule has 1 saturated heterocycles. The molecule has 0 aromatic heterocycles. The van der Waals surface area contributed by atoms with Gasteiger partial charge in [-0.25, -0.2) is 4.39 Å². The molecule has 1 heterocycles. The largest absolute Gasteiger partial charge is 0.372 e. The minimum Gasteiger partial charge on any atom is -0.372 e. The third-order valence-corrected chi connectivity index (χ3v) is 4.88. The van der Waals surface area contributed by atoms with Crippen molar-refractivity contribution in [1.82, 2.24) is 5.32 Å². The molecular weight excluding hydrogens is 325 g/mol. The van der Waals surface area contributed by atoms with Crippen molar-refractivity contribution in [3.05, 3.63) is 29.6 Å². The zero-order valence-corrected chi connectivity index (χ0v) is 14.5. The number of halogens is 1. The van der Waals surface area contributed by atoms with Crippen molar-refractivity contribution in [2.24, 2.45) is 11.1 Å². The first-order chi connectivity index (χ1) is 11.8. The number of hydrogen-bond donors (Lipinski definition) is 2. The monoisotopic (exact) mass is 349 g/mol. The summed E-state index contributed by atoms with van der Waals surface area (Å²) < 4.78 is 20.2. The number of nitrogens with zero attached hydrogens (tertiary/aromatic N) is 1. The molecule has 1 aliphatic carbocycles. The SMILES string of the molecule is C[C@H]1CN(c2ccc(CNC(=O)C3(C(N)=O)CC3)cc2F)C[C@H](C)O1. The van der Waals surface area contributed by atoms with Crippen LogP contribution in [0, 0.1) is 11.2 Å². The van der Waals surface area contributed by atoms with Crippen LogP contribution in [0.5, 0.6) is 0 Å². The summed E-state index contributed by atoms with van der Waals surface area (Å²) >= 11 is 0. The number of morpholine rings is 1. The standard InChI is InChI=1S/C18H24FN3O3/c1-11-9-22(10-12(2)25-11)15-4-3-13(7-14(15)19)8-21-17(24)18(5-6-18)16(20)23/h3-4,7,11-12H,5-6,8-10H2,1-2H3,(H2,20,23)(H,21,24)/t11-,12-/m0/s1. The molecule has 0 radical (unpaired) electrons. The van der Waals surface area contributed by atoms with Gasteiger partial charge in [-0.2, -0.15) is 0 Å². The zero-order valence-electron chi connectivity index (χ0n) is 14.5. The Morgan fingerprint density at radius 2 is 1.96 bits per heavy atom. The van der Waals surface area contributed by atoms with Gasteiger partial charge < -0.3 is 20.7 Å². The number of ether oxygens (including phenoxy) is 1. The average molecular weight is 349 g/mol. The summed E-state index contributed by atoms with van der Waals surface area (Å²) in [4.78, 5) is 25.4. The van der Waals surface area contributed by atoms with Crippen LogP contribution in [0.15, 0.2) is 18.2 Å². The fourth-order valence-corrected chi connectivity index (χ4v) is 3.35. The number of carbonyl (C=O) groups is 2. The summed E-state index contributed by atoms with van der Waals surface area (Å²) in [7, 11) is 0. The van der Waals surface area contributed by atoms with E-state index in [1.807, 2.05) is 18.7 Å². The van der Waals surface area contributed by atoms with Crippen LogP contribution >= 0.6 is 0 Å². The maximum absolute atomic E-state index is 14.5. The van der Waals surface area contributed by atoms with E-state index in [2.05, 4.69) is 5.32 Å². The molecule has 0 bridgehead atoms. The Morgan fingerprint density at radius 1 is 1.32 bits per heavy atom. The number of hydrogen-bond acceptors (Lipinski definition) is 4. The van der Waals surface area contributed by atoms with E-state index in [4.69, 9.17) is 10.5 Å². The summed E-state index contributed by atoms with van der Waals surface area (Å²) in [6.45, 7) is 5.38. The smallest absolute Gasteiger partial charge is 0.235 e. The minimum absolute atomic E-state index is 0.0469. The number of rotatable bonds is 5. The molecule has 3 N–H and O–H groups in total. The lowest BCUT2D eigenvalue weighted by Crippen LogP contribution is -2.45. The predicted octanol–water partition coefficient (Wildman–Crippen LogP) is 1.32. The van der Waals surface area contributed by atoms with Crippen LogP contribution < -0.4 is 16.0 Å². The number of amides is 2. The summed E-state index contributed by atoms with van der Waals surface area (Å²) in [5, 5.41) is 2.68. The van der Waals surface area contributed by atoms with E-state index < -0.39 is 11.3 Å². The molecule has 3 rings (SSSR count). The number of primary amides is 1.